The monoisotopic (exact) mass is 282 g/mol. The first kappa shape index (κ1) is 15.3. The Kier molecular flexibility index (Phi) is 4.79. The van der Waals surface area contributed by atoms with Gasteiger partial charge in [-0.25, -0.2) is 0 Å². The third kappa shape index (κ3) is 3.72. The van der Waals surface area contributed by atoms with E-state index in [0.29, 0.717) is 17.9 Å². The van der Waals surface area contributed by atoms with Crippen LogP contribution < -0.4 is 4.74 Å². The maximum Gasteiger partial charge on any atom is 0.153 e. The van der Waals surface area contributed by atoms with E-state index in [1.54, 1.807) is 0 Å². The number of carbonyl (C=O) groups is 1. The van der Waals surface area contributed by atoms with Crippen LogP contribution in [0.5, 0.6) is 5.75 Å². The zero-order valence-corrected chi connectivity index (χ0v) is 12.9. The van der Waals surface area contributed by atoms with Gasteiger partial charge in [0.2, 0.25) is 0 Å². The molecule has 0 aliphatic heterocycles. The summed E-state index contributed by atoms with van der Waals surface area (Å²) in [5, 5.41) is 0. The van der Waals surface area contributed by atoms with Crippen LogP contribution in [0.2, 0.25) is 0 Å². The molecule has 0 aliphatic rings. The zero-order valence-electron chi connectivity index (χ0n) is 12.9. The first-order valence-corrected chi connectivity index (χ1v) is 7.33. The molecule has 0 radical (unpaired) electrons. The summed E-state index contributed by atoms with van der Waals surface area (Å²) >= 11 is 0. The minimum atomic E-state index is 0.0652. The number of ether oxygens (including phenoxy) is 1. The van der Waals surface area contributed by atoms with Crippen LogP contribution in [0, 0.1) is 0 Å². The second-order valence-electron chi connectivity index (χ2n) is 5.88. The molecule has 0 heterocycles. The van der Waals surface area contributed by atoms with Crippen LogP contribution in [-0.4, -0.2) is 6.29 Å². The molecular weight excluding hydrogens is 260 g/mol. The highest BCUT2D eigenvalue weighted by atomic mass is 16.5. The predicted octanol–water partition coefficient (Wildman–Crippen LogP) is 4.77. The number of hydrogen-bond acceptors (Lipinski definition) is 2. The van der Waals surface area contributed by atoms with Crippen LogP contribution >= 0.6 is 0 Å². The topological polar surface area (TPSA) is 26.3 Å². The summed E-state index contributed by atoms with van der Waals surface area (Å²) in [5.41, 5.74) is 2.94. The van der Waals surface area contributed by atoms with Crippen LogP contribution in [0.4, 0.5) is 0 Å². The number of aldehydes is 1. The highest BCUT2D eigenvalue weighted by molar-refractivity contribution is 5.79. The van der Waals surface area contributed by atoms with E-state index in [0.717, 1.165) is 18.3 Å². The summed E-state index contributed by atoms with van der Waals surface area (Å²) in [5.74, 6) is 0.643. The summed E-state index contributed by atoms with van der Waals surface area (Å²) in [6, 6.07) is 15.8. The van der Waals surface area contributed by atoms with Crippen molar-refractivity contribution in [2.75, 3.05) is 0 Å². The molecule has 21 heavy (non-hydrogen) atoms. The van der Waals surface area contributed by atoms with Crippen molar-refractivity contribution in [3.05, 3.63) is 65.2 Å². The van der Waals surface area contributed by atoms with Crippen molar-refractivity contribution in [1.29, 1.82) is 0 Å². The minimum Gasteiger partial charge on any atom is -0.488 e. The molecule has 0 amide bonds. The Hall–Kier alpha value is -2.09. The minimum absolute atomic E-state index is 0.0652. The first-order valence-electron chi connectivity index (χ1n) is 7.33. The van der Waals surface area contributed by atoms with Gasteiger partial charge in [0.1, 0.15) is 12.4 Å². The molecule has 2 heteroatoms. The molecule has 0 aromatic heterocycles. The summed E-state index contributed by atoms with van der Waals surface area (Å²) < 4.78 is 5.78. The molecular formula is C19H22O2. The smallest absolute Gasteiger partial charge is 0.153 e. The first-order chi connectivity index (χ1) is 10.1. The Morgan fingerprint density at radius 1 is 1.10 bits per heavy atom. The van der Waals surface area contributed by atoms with Crippen molar-refractivity contribution in [2.24, 2.45) is 0 Å². The summed E-state index contributed by atoms with van der Waals surface area (Å²) in [4.78, 5) is 11.3. The fraction of sp³-hybridized carbons (Fsp3) is 0.316. The molecule has 0 unspecified atom stereocenters. The Labute approximate surface area is 126 Å². The summed E-state index contributed by atoms with van der Waals surface area (Å²) in [6.45, 7) is 6.99. The molecule has 0 bridgehead atoms. The Morgan fingerprint density at radius 2 is 1.81 bits per heavy atom. The molecule has 0 saturated heterocycles. The third-order valence-electron chi connectivity index (χ3n) is 4.04. The Balaban J connectivity index is 2.19. The molecule has 2 nitrogen and oxygen atoms in total. The standard InChI is InChI=1S/C19H22O2/c1-4-19(2,3)17-10-11-18(16(12-17)13-20)21-14-15-8-6-5-7-9-15/h5-13H,4,14H2,1-3H3. The van der Waals surface area contributed by atoms with E-state index in [1.807, 2.05) is 42.5 Å². The van der Waals surface area contributed by atoms with E-state index in [-0.39, 0.29) is 5.41 Å². The van der Waals surface area contributed by atoms with Gasteiger partial charge in [-0.05, 0) is 35.1 Å². The molecule has 2 rings (SSSR count). The quantitative estimate of drug-likeness (QED) is 0.714. The second-order valence-corrected chi connectivity index (χ2v) is 5.88. The molecule has 0 saturated carbocycles. The van der Waals surface area contributed by atoms with Gasteiger partial charge in [0.15, 0.2) is 6.29 Å². The van der Waals surface area contributed by atoms with Crippen LogP contribution in [0.1, 0.15) is 48.7 Å². The van der Waals surface area contributed by atoms with E-state index in [4.69, 9.17) is 4.74 Å². The maximum absolute atomic E-state index is 11.3. The zero-order chi connectivity index (χ0) is 15.3. The van der Waals surface area contributed by atoms with Gasteiger partial charge in [-0.2, -0.15) is 0 Å². The van der Waals surface area contributed by atoms with E-state index in [1.165, 1.54) is 5.56 Å². The van der Waals surface area contributed by atoms with Crippen molar-refractivity contribution in [1.82, 2.24) is 0 Å². The average molecular weight is 282 g/mol. The summed E-state index contributed by atoms with van der Waals surface area (Å²) in [7, 11) is 0. The lowest BCUT2D eigenvalue weighted by Gasteiger charge is -2.24. The lowest BCUT2D eigenvalue weighted by Crippen LogP contribution is -2.15. The van der Waals surface area contributed by atoms with Gasteiger partial charge in [-0.3, -0.25) is 4.79 Å². The van der Waals surface area contributed by atoms with Gasteiger partial charge in [-0.15, -0.1) is 0 Å². The number of hydrogen-bond donors (Lipinski definition) is 0. The van der Waals surface area contributed by atoms with Gasteiger partial charge >= 0.3 is 0 Å². The van der Waals surface area contributed by atoms with Crippen molar-refractivity contribution in [3.8, 4) is 5.75 Å². The molecule has 0 atom stereocenters. The fourth-order valence-electron chi connectivity index (χ4n) is 2.13. The van der Waals surface area contributed by atoms with Crippen molar-refractivity contribution >= 4 is 6.29 Å². The van der Waals surface area contributed by atoms with Crippen molar-refractivity contribution in [2.45, 2.75) is 39.2 Å². The lowest BCUT2D eigenvalue weighted by molar-refractivity contribution is 0.111. The summed E-state index contributed by atoms with van der Waals surface area (Å²) in [6.07, 6.45) is 1.89. The molecule has 0 aliphatic carbocycles. The predicted molar refractivity (Wildman–Crippen MR) is 85.9 cm³/mol. The van der Waals surface area contributed by atoms with Gasteiger partial charge in [-0.1, -0.05) is 57.2 Å². The number of benzene rings is 2. The maximum atomic E-state index is 11.3. The van der Waals surface area contributed by atoms with Crippen LogP contribution in [-0.2, 0) is 12.0 Å². The van der Waals surface area contributed by atoms with E-state index in [2.05, 4.69) is 26.8 Å². The molecule has 2 aromatic carbocycles. The SMILES string of the molecule is CCC(C)(C)c1ccc(OCc2ccccc2)c(C=O)c1. The van der Waals surface area contributed by atoms with Crippen LogP contribution in [0.3, 0.4) is 0 Å². The van der Waals surface area contributed by atoms with Crippen molar-refractivity contribution in [3.63, 3.8) is 0 Å². The van der Waals surface area contributed by atoms with Gasteiger partial charge in [0, 0.05) is 0 Å². The van der Waals surface area contributed by atoms with E-state index >= 15 is 0 Å². The van der Waals surface area contributed by atoms with E-state index in [9.17, 15) is 4.79 Å². The van der Waals surface area contributed by atoms with E-state index < -0.39 is 0 Å². The van der Waals surface area contributed by atoms with Gasteiger partial charge < -0.3 is 4.74 Å². The largest absolute Gasteiger partial charge is 0.488 e. The van der Waals surface area contributed by atoms with Crippen LogP contribution in [0.15, 0.2) is 48.5 Å². The lowest BCUT2D eigenvalue weighted by atomic mass is 9.81. The Morgan fingerprint density at radius 3 is 2.43 bits per heavy atom. The average Bonchev–Trinajstić information content (AvgIpc) is 2.53. The third-order valence-corrected chi connectivity index (χ3v) is 4.04. The van der Waals surface area contributed by atoms with Crippen LogP contribution in [0.25, 0.3) is 0 Å². The molecule has 0 fully saturated rings. The highest BCUT2D eigenvalue weighted by Gasteiger charge is 2.19. The van der Waals surface area contributed by atoms with Gasteiger partial charge in [0.05, 0.1) is 5.56 Å². The number of rotatable bonds is 6. The highest BCUT2D eigenvalue weighted by Crippen LogP contribution is 2.30. The number of carbonyl (C=O) groups excluding carboxylic acids is 1. The molecule has 2 aromatic rings. The van der Waals surface area contributed by atoms with Crippen molar-refractivity contribution < 1.29 is 9.53 Å². The Bertz CT molecular complexity index is 600. The molecule has 0 spiro atoms. The normalized spacial score (nSPS) is 11.2. The molecule has 0 N–H and O–H groups in total. The fourth-order valence-corrected chi connectivity index (χ4v) is 2.13. The van der Waals surface area contributed by atoms with Gasteiger partial charge in [0.25, 0.3) is 0 Å². The molecule has 110 valence electrons. The second kappa shape index (κ2) is 6.57.